The number of anilines is 1. The van der Waals surface area contributed by atoms with E-state index in [9.17, 15) is 4.79 Å². The van der Waals surface area contributed by atoms with Gasteiger partial charge in [-0.05, 0) is 37.8 Å². The first kappa shape index (κ1) is 16.7. The Bertz CT molecular complexity index is 701. The van der Waals surface area contributed by atoms with Gasteiger partial charge in [0, 0.05) is 37.7 Å². The summed E-state index contributed by atoms with van der Waals surface area (Å²) >= 11 is 6.11. The molecule has 1 saturated carbocycles. The van der Waals surface area contributed by atoms with Crippen LogP contribution in [-0.2, 0) is 0 Å². The molecule has 0 bridgehead atoms. The van der Waals surface area contributed by atoms with Gasteiger partial charge in [-0.3, -0.25) is 5.32 Å². The Balaban J connectivity index is 1.65. The Morgan fingerprint density at radius 1 is 1.42 bits per heavy atom. The van der Waals surface area contributed by atoms with E-state index in [1.54, 1.807) is 30.6 Å². The fraction of sp³-hybridized carbons (Fsp3) is 0.438. The van der Waals surface area contributed by atoms with Crippen LogP contribution in [0, 0.1) is 0 Å². The van der Waals surface area contributed by atoms with E-state index in [2.05, 4.69) is 15.4 Å². The Hall–Kier alpha value is -2.12. The summed E-state index contributed by atoms with van der Waals surface area (Å²) in [6.07, 6.45) is 6.89. The monoisotopic (exact) mass is 349 g/mol. The van der Waals surface area contributed by atoms with E-state index in [-0.39, 0.29) is 12.6 Å². The summed E-state index contributed by atoms with van der Waals surface area (Å²) in [4.78, 5) is 18.5. The van der Waals surface area contributed by atoms with Crippen LogP contribution in [0.4, 0.5) is 10.6 Å². The van der Waals surface area contributed by atoms with E-state index in [0.717, 1.165) is 19.3 Å². The van der Waals surface area contributed by atoms with Gasteiger partial charge >= 0.3 is 6.03 Å². The average Bonchev–Trinajstić information content (AvgIpc) is 3.31. The van der Waals surface area contributed by atoms with E-state index in [4.69, 9.17) is 16.7 Å². The van der Waals surface area contributed by atoms with Gasteiger partial charge in [0.05, 0.1) is 5.02 Å². The van der Waals surface area contributed by atoms with Crippen LogP contribution in [-0.4, -0.2) is 50.0 Å². The molecule has 2 amide bonds. The topological polar surface area (TPSA) is 83.3 Å². The molecular weight excluding hydrogens is 330 g/mol. The van der Waals surface area contributed by atoms with Crippen LogP contribution in [0.1, 0.15) is 25.7 Å². The number of hydrogen-bond donors (Lipinski definition) is 2. The normalized spacial score (nSPS) is 13.8. The molecule has 1 aliphatic rings. The van der Waals surface area contributed by atoms with Crippen molar-refractivity contribution in [2.45, 2.75) is 31.7 Å². The molecule has 2 heterocycles. The number of halogens is 1. The third-order valence-electron chi connectivity index (χ3n) is 3.84. The zero-order valence-electron chi connectivity index (χ0n) is 13.2. The number of carbonyl (C=O) groups is 1. The summed E-state index contributed by atoms with van der Waals surface area (Å²) in [7, 11) is 0. The van der Waals surface area contributed by atoms with Gasteiger partial charge < -0.3 is 10.0 Å². The summed E-state index contributed by atoms with van der Waals surface area (Å²) in [5, 5.41) is 16.5. The van der Waals surface area contributed by atoms with Gasteiger partial charge in [-0.25, -0.2) is 14.5 Å². The predicted molar refractivity (Wildman–Crippen MR) is 91.4 cm³/mol. The standard InChI is InChI=1S/C16H20ClN5O2/c17-13-4-3-8-18-15(13)22-10-7-14(20-22)19-16(24)21(12-5-6-12)9-1-2-11-23/h3-4,7-8,10,12,23H,1-2,5-6,9,11H2,(H,19,20,24). The van der Waals surface area contributed by atoms with Crippen LogP contribution in [0.25, 0.3) is 5.82 Å². The molecule has 3 rings (SSSR count). The van der Waals surface area contributed by atoms with E-state index in [1.807, 2.05) is 4.90 Å². The number of amides is 2. The average molecular weight is 350 g/mol. The molecule has 2 aromatic heterocycles. The molecule has 8 heteroatoms. The van der Waals surface area contributed by atoms with Gasteiger partial charge in [-0.15, -0.1) is 5.10 Å². The Kier molecular flexibility index (Phi) is 5.32. The molecule has 1 aliphatic carbocycles. The predicted octanol–water partition coefficient (Wildman–Crippen LogP) is 2.69. The van der Waals surface area contributed by atoms with Crippen molar-refractivity contribution in [1.82, 2.24) is 19.7 Å². The first-order chi connectivity index (χ1) is 11.7. The minimum atomic E-state index is -0.159. The van der Waals surface area contributed by atoms with Crippen LogP contribution in [0.3, 0.4) is 0 Å². The third kappa shape index (κ3) is 4.04. The smallest absolute Gasteiger partial charge is 0.323 e. The van der Waals surface area contributed by atoms with Crippen LogP contribution < -0.4 is 5.32 Å². The number of carbonyl (C=O) groups excluding carboxylic acids is 1. The van der Waals surface area contributed by atoms with E-state index in [0.29, 0.717) is 35.7 Å². The Morgan fingerprint density at radius 3 is 2.96 bits per heavy atom. The molecule has 128 valence electrons. The highest BCUT2D eigenvalue weighted by atomic mass is 35.5. The molecule has 7 nitrogen and oxygen atoms in total. The molecule has 0 saturated heterocycles. The number of unbranched alkanes of at least 4 members (excludes halogenated alkanes) is 1. The molecule has 0 atom stereocenters. The number of nitrogens with one attached hydrogen (secondary N) is 1. The Labute approximate surface area is 145 Å². The molecule has 24 heavy (non-hydrogen) atoms. The number of aromatic nitrogens is 3. The molecule has 2 aromatic rings. The van der Waals surface area contributed by atoms with Crippen LogP contribution in [0.15, 0.2) is 30.6 Å². The summed E-state index contributed by atoms with van der Waals surface area (Å²) in [5.74, 6) is 0.969. The molecule has 0 aliphatic heterocycles. The fourth-order valence-corrected chi connectivity index (χ4v) is 2.67. The lowest BCUT2D eigenvalue weighted by Crippen LogP contribution is -2.37. The summed E-state index contributed by atoms with van der Waals surface area (Å²) in [6, 6.07) is 5.34. The third-order valence-corrected chi connectivity index (χ3v) is 4.13. The van der Waals surface area contributed by atoms with E-state index >= 15 is 0 Å². The molecule has 0 spiro atoms. The highest BCUT2D eigenvalue weighted by Crippen LogP contribution is 2.27. The van der Waals surface area contributed by atoms with Gasteiger partial charge in [-0.1, -0.05) is 11.6 Å². The number of urea groups is 1. The van der Waals surface area contributed by atoms with Gasteiger partial charge in [-0.2, -0.15) is 0 Å². The molecule has 0 unspecified atom stereocenters. The summed E-state index contributed by atoms with van der Waals surface area (Å²) < 4.78 is 1.53. The number of pyridine rings is 1. The zero-order chi connectivity index (χ0) is 16.9. The van der Waals surface area contributed by atoms with Crippen molar-refractivity contribution >= 4 is 23.4 Å². The van der Waals surface area contributed by atoms with Crippen molar-refractivity contribution in [2.24, 2.45) is 0 Å². The maximum absolute atomic E-state index is 12.5. The van der Waals surface area contributed by atoms with Crippen LogP contribution in [0.5, 0.6) is 0 Å². The molecular formula is C16H20ClN5O2. The first-order valence-electron chi connectivity index (χ1n) is 8.04. The lowest BCUT2D eigenvalue weighted by molar-refractivity contribution is 0.204. The van der Waals surface area contributed by atoms with E-state index in [1.165, 1.54) is 4.68 Å². The van der Waals surface area contributed by atoms with Gasteiger partial charge in [0.15, 0.2) is 11.6 Å². The fourth-order valence-electron chi connectivity index (χ4n) is 2.47. The second kappa shape index (κ2) is 7.63. The second-order valence-corrected chi connectivity index (χ2v) is 6.15. The van der Waals surface area contributed by atoms with Crippen LogP contribution >= 0.6 is 11.6 Å². The molecule has 0 aromatic carbocycles. The van der Waals surface area contributed by atoms with Crippen molar-refractivity contribution < 1.29 is 9.90 Å². The largest absolute Gasteiger partial charge is 0.396 e. The zero-order valence-corrected chi connectivity index (χ0v) is 14.0. The van der Waals surface area contributed by atoms with Crippen molar-refractivity contribution in [1.29, 1.82) is 0 Å². The summed E-state index contributed by atoms with van der Waals surface area (Å²) in [6.45, 7) is 0.791. The number of aliphatic hydroxyl groups excluding tert-OH is 1. The number of aliphatic hydroxyl groups is 1. The van der Waals surface area contributed by atoms with Gasteiger partial charge in [0.2, 0.25) is 0 Å². The number of nitrogens with zero attached hydrogens (tertiary/aromatic N) is 4. The minimum absolute atomic E-state index is 0.148. The molecule has 0 radical (unpaired) electrons. The molecule has 1 fully saturated rings. The number of hydrogen-bond acceptors (Lipinski definition) is 4. The summed E-state index contributed by atoms with van der Waals surface area (Å²) in [5.41, 5.74) is 0. The SMILES string of the molecule is O=C(Nc1ccn(-c2ncccc2Cl)n1)N(CCCCO)C1CC1. The van der Waals surface area contributed by atoms with Crippen molar-refractivity contribution in [2.75, 3.05) is 18.5 Å². The Morgan fingerprint density at radius 2 is 2.25 bits per heavy atom. The van der Waals surface area contributed by atoms with Crippen molar-refractivity contribution in [3.63, 3.8) is 0 Å². The lowest BCUT2D eigenvalue weighted by Gasteiger charge is -2.22. The lowest BCUT2D eigenvalue weighted by atomic mass is 10.3. The van der Waals surface area contributed by atoms with Crippen molar-refractivity contribution in [3.05, 3.63) is 35.6 Å². The van der Waals surface area contributed by atoms with Gasteiger partial charge in [0.25, 0.3) is 0 Å². The van der Waals surface area contributed by atoms with E-state index < -0.39 is 0 Å². The van der Waals surface area contributed by atoms with Crippen LogP contribution in [0.2, 0.25) is 5.02 Å². The van der Waals surface area contributed by atoms with Crippen molar-refractivity contribution in [3.8, 4) is 5.82 Å². The minimum Gasteiger partial charge on any atom is -0.396 e. The first-order valence-corrected chi connectivity index (χ1v) is 8.42. The maximum Gasteiger partial charge on any atom is 0.323 e. The second-order valence-electron chi connectivity index (χ2n) is 5.74. The quantitative estimate of drug-likeness (QED) is 0.753. The molecule has 2 N–H and O–H groups in total. The number of rotatable bonds is 7. The highest BCUT2D eigenvalue weighted by Gasteiger charge is 2.32. The van der Waals surface area contributed by atoms with Gasteiger partial charge in [0.1, 0.15) is 0 Å². The highest BCUT2D eigenvalue weighted by molar-refractivity contribution is 6.32. The maximum atomic E-state index is 12.5.